The van der Waals surface area contributed by atoms with Crippen LogP contribution < -0.4 is 10.6 Å². The van der Waals surface area contributed by atoms with Crippen molar-refractivity contribution >= 4 is 17.7 Å². The molecular weight excluding hydrogens is 370 g/mol. The fourth-order valence-electron chi connectivity index (χ4n) is 3.65. The zero-order valence-corrected chi connectivity index (χ0v) is 17.9. The van der Waals surface area contributed by atoms with Crippen molar-refractivity contribution in [1.29, 1.82) is 0 Å². The average molecular weight is 406 g/mol. The summed E-state index contributed by atoms with van der Waals surface area (Å²) in [6.07, 6.45) is 4.54. The van der Waals surface area contributed by atoms with Crippen LogP contribution in [0, 0.1) is 0 Å². The summed E-state index contributed by atoms with van der Waals surface area (Å²) in [5, 5.41) is 5.89. The van der Waals surface area contributed by atoms with Gasteiger partial charge in [-0.15, -0.1) is 0 Å². The molecule has 0 bridgehead atoms. The van der Waals surface area contributed by atoms with Crippen molar-refractivity contribution in [3.8, 4) is 0 Å². The lowest BCUT2D eigenvalue weighted by atomic mass is 10.1. The molecule has 0 aromatic heterocycles. The number of methoxy groups -OCH3 is 1. The van der Waals surface area contributed by atoms with Gasteiger partial charge in [0.25, 0.3) is 0 Å². The SMILES string of the molecule is COC(=O)CCCCCCNC(=O)Nc1ccccc1CN1C[C@@H](C)O[C@H](C)C1. The standard InChI is InChI=1S/C22H35N3O4/c1-17-14-25(15-18(2)29-17)16-19-10-7-8-11-20(19)24-22(27)23-13-9-5-4-6-12-21(26)28-3/h7-8,10-11,17-18H,4-6,9,12-16H2,1-3H3,(H2,23,24,27)/t17-,18-/m1/s1. The van der Waals surface area contributed by atoms with Crippen LogP contribution in [0.1, 0.15) is 51.5 Å². The number of esters is 1. The Kier molecular flexibility index (Phi) is 9.94. The van der Waals surface area contributed by atoms with E-state index in [0.29, 0.717) is 13.0 Å². The second-order valence-corrected chi connectivity index (χ2v) is 7.73. The minimum atomic E-state index is -0.185. The number of nitrogens with one attached hydrogen (secondary N) is 2. The Labute approximate surface area is 174 Å². The van der Waals surface area contributed by atoms with Crippen LogP contribution in [0.25, 0.3) is 0 Å². The van der Waals surface area contributed by atoms with Gasteiger partial charge in [-0.05, 0) is 38.3 Å². The topological polar surface area (TPSA) is 79.9 Å². The number of para-hydroxylation sites is 1. The first-order chi connectivity index (χ1) is 14.0. The van der Waals surface area contributed by atoms with Gasteiger partial charge in [0.1, 0.15) is 0 Å². The van der Waals surface area contributed by atoms with Gasteiger partial charge in [-0.2, -0.15) is 0 Å². The first-order valence-corrected chi connectivity index (χ1v) is 10.5. The number of unbranched alkanes of at least 4 members (excludes halogenated alkanes) is 3. The van der Waals surface area contributed by atoms with E-state index in [1.54, 1.807) is 0 Å². The van der Waals surface area contributed by atoms with E-state index < -0.39 is 0 Å². The van der Waals surface area contributed by atoms with Crippen LogP contribution in [0.2, 0.25) is 0 Å². The Morgan fingerprint density at radius 1 is 1.10 bits per heavy atom. The fraction of sp³-hybridized carbons (Fsp3) is 0.636. The van der Waals surface area contributed by atoms with E-state index in [2.05, 4.69) is 40.2 Å². The van der Waals surface area contributed by atoms with Gasteiger partial charge >= 0.3 is 12.0 Å². The molecular formula is C22H35N3O4. The van der Waals surface area contributed by atoms with Crippen molar-refractivity contribution in [2.75, 3.05) is 32.1 Å². The van der Waals surface area contributed by atoms with Crippen LogP contribution in [0.15, 0.2) is 24.3 Å². The summed E-state index contributed by atoms with van der Waals surface area (Å²) in [6.45, 7) is 7.37. The first kappa shape index (κ1) is 23.2. The Morgan fingerprint density at radius 2 is 1.79 bits per heavy atom. The maximum Gasteiger partial charge on any atom is 0.319 e. The molecule has 0 aliphatic carbocycles. The maximum absolute atomic E-state index is 12.3. The van der Waals surface area contributed by atoms with Gasteiger partial charge in [0.15, 0.2) is 0 Å². The van der Waals surface area contributed by atoms with Crippen molar-refractivity contribution in [2.24, 2.45) is 0 Å². The van der Waals surface area contributed by atoms with Crippen molar-refractivity contribution in [3.05, 3.63) is 29.8 Å². The molecule has 2 N–H and O–H groups in total. The van der Waals surface area contributed by atoms with E-state index in [-0.39, 0.29) is 24.2 Å². The minimum absolute atomic E-state index is 0.165. The van der Waals surface area contributed by atoms with Gasteiger partial charge in [-0.1, -0.05) is 31.0 Å². The van der Waals surface area contributed by atoms with Crippen LogP contribution in [-0.2, 0) is 20.8 Å². The molecule has 1 aliphatic rings. The Morgan fingerprint density at radius 3 is 2.52 bits per heavy atom. The molecule has 2 rings (SSSR count). The third-order valence-corrected chi connectivity index (χ3v) is 4.98. The quantitative estimate of drug-likeness (QED) is 0.460. The smallest absolute Gasteiger partial charge is 0.319 e. The molecule has 1 saturated heterocycles. The number of carbonyl (C=O) groups is 2. The molecule has 1 aromatic rings. The normalized spacial score (nSPS) is 19.6. The molecule has 1 heterocycles. The highest BCUT2D eigenvalue weighted by atomic mass is 16.5. The Bertz CT molecular complexity index is 643. The second kappa shape index (κ2) is 12.4. The van der Waals surface area contributed by atoms with Crippen molar-refractivity contribution in [3.63, 3.8) is 0 Å². The van der Waals surface area contributed by atoms with E-state index in [4.69, 9.17) is 4.74 Å². The molecule has 0 spiro atoms. The molecule has 7 nitrogen and oxygen atoms in total. The van der Waals surface area contributed by atoms with Crippen LogP contribution in [0.3, 0.4) is 0 Å². The van der Waals surface area contributed by atoms with E-state index >= 15 is 0 Å². The predicted molar refractivity (Wildman–Crippen MR) is 114 cm³/mol. The number of amides is 2. The van der Waals surface area contributed by atoms with Crippen molar-refractivity contribution in [1.82, 2.24) is 10.2 Å². The van der Waals surface area contributed by atoms with Crippen molar-refractivity contribution < 1.29 is 19.1 Å². The van der Waals surface area contributed by atoms with Gasteiger partial charge in [-0.25, -0.2) is 4.79 Å². The third kappa shape index (κ3) is 8.83. The molecule has 29 heavy (non-hydrogen) atoms. The monoisotopic (exact) mass is 405 g/mol. The van der Waals surface area contributed by atoms with Gasteiger partial charge in [-0.3, -0.25) is 9.69 Å². The number of ether oxygens (including phenoxy) is 2. The average Bonchev–Trinajstić information content (AvgIpc) is 2.67. The Hall–Kier alpha value is -2.12. The van der Waals surface area contributed by atoms with Gasteiger partial charge in [0.05, 0.1) is 19.3 Å². The summed E-state index contributed by atoms with van der Waals surface area (Å²) >= 11 is 0. The lowest BCUT2D eigenvalue weighted by molar-refractivity contribution is -0.140. The van der Waals surface area contributed by atoms with Gasteiger partial charge in [0.2, 0.25) is 0 Å². The van der Waals surface area contributed by atoms with E-state index in [0.717, 1.165) is 56.6 Å². The molecule has 0 radical (unpaired) electrons. The number of morpholine rings is 1. The number of hydrogen-bond acceptors (Lipinski definition) is 5. The van der Waals surface area contributed by atoms with Gasteiger partial charge in [0, 0.05) is 38.3 Å². The summed E-state index contributed by atoms with van der Waals surface area (Å²) in [5.41, 5.74) is 1.95. The molecule has 1 aromatic carbocycles. The number of urea groups is 1. The van der Waals surface area contributed by atoms with E-state index in [1.165, 1.54) is 7.11 Å². The summed E-state index contributed by atoms with van der Waals surface area (Å²) in [5.74, 6) is -0.165. The van der Waals surface area contributed by atoms with Crippen LogP contribution in [-0.4, -0.2) is 55.9 Å². The number of hydrogen-bond donors (Lipinski definition) is 2. The molecule has 162 valence electrons. The van der Waals surface area contributed by atoms with E-state index in [1.807, 2.05) is 18.2 Å². The fourth-order valence-corrected chi connectivity index (χ4v) is 3.65. The second-order valence-electron chi connectivity index (χ2n) is 7.73. The summed E-state index contributed by atoms with van der Waals surface area (Å²) in [6, 6.07) is 7.75. The van der Waals surface area contributed by atoms with Crippen LogP contribution in [0.5, 0.6) is 0 Å². The molecule has 1 aliphatic heterocycles. The highest BCUT2D eigenvalue weighted by Gasteiger charge is 2.22. The number of carbonyl (C=O) groups excluding carboxylic acids is 2. The molecule has 1 fully saturated rings. The zero-order chi connectivity index (χ0) is 21.1. The highest BCUT2D eigenvalue weighted by Crippen LogP contribution is 2.20. The number of anilines is 1. The molecule has 2 atom stereocenters. The minimum Gasteiger partial charge on any atom is -0.469 e. The summed E-state index contributed by atoms with van der Waals surface area (Å²) in [4.78, 5) is 25.7. The third-order valence-electron chi connectivity index (χ3n) is 4.98. The highest BCUT2D eigenvalue weighted by molar-refractivity contribution is 5.90. The maximum atomic E-state index is 12.3. The van der Waals surface area contributed by atoms with Crippen LogP contribution in [0.4, 0.5) is 10.5 Å². The summed E-state index contributed by atoms with van der Waals surface area (Å²) < 4.78 is 10.4. The molecule has 0 saturated carbocycles. The lowest BCUT2D eigenvalue weighted by Crippen LogP contribution is -2.45. The lowest BCUT2D eigenvalue weighted by Gasteiger charge is -2.35. The number of nitrogens with zero attached hydrogens (tertiary/aromatic N) is 1. The number of rotatable bonds is 10. The largest absolute Gasteiger partial charge is 0.469 e. The Balaban J connectivity index is 1.71. The van der Waals surface area contributed by atoms with E-state index in [9.17, 15) is 9.59 Å². The number of benzene rings is 1. The molecule has 2 amide bonds. The van der Waals surface area contributed by atoms with Crippen molar-refractivity contribution in [2.45, 2.75) is 64.7 Å². The first-order valence-electron chi connectivity index (χ1n) is 10.5. The van der Waals surface area contributed by atoms with Gasteiger partial charge < -0.3 is 20.1 Å². The summed E-state index contributed by atoms with van der Waals surface area (Å²) in [7, 11) is 1.41. The zero-order valence-electron chi connectivity index (χ0n) is 17.9. The van der Waals surface area contributed by atoms with Crippen LogP contribution >= 0.6 is 0 Å². The molecule has 0 unspecified atom stereocenters. The predicted octanol–water partition coefficient (Wildman–Crippen LogP) is 3.54. The molecule has 7 heteroatoms.